The number of aryl methyl sites for hydroxylation is 1. The van der Waals surface area contributed by atoms with Gasteiger partial charge in [0.05, 0.1) is 24.1 Å². The van der Waals surface area contributed by atoms with Crippen LogP contribution in [0.1, 0.15) is 24.4 Å². The number of rotatable bonds is 6. The van der Waals surface area contributed by atoms with E-state index in [1.165, 1.54) is 12.1 Å². The number of H-pyrrole nitrogens is 2. The Hall–Kier alpha value is -3.90. The maximum absolute atomic E-state index is 14.9. The lowest BCUT2D eigenvalue weighted by Crippen LogP contribution is -2.60. The minimum Gasteiger partial charge on any atom is -0.350 e. The molecule has 4 heterocycles. The Bertz CT molecular complexity index is 1400. The Labute approximate surface area is 196 Å². The molecule has 1 saturated carbocycles. The van der Waals surface area contributed by atoms with E-state index in [-0.39, 0.29) is 36.0 Å². The molecule has 6 rings (SSSR count). The first-order valence-electron chi connectivity index (χ1n) is 11.1. The van der Waals surface area contributed by atoms with Crippen LogP contribution >= 0.6 is 0 Å². The van der Waals surface area contributed by atoms with Crippen LogP contribution in [0.4, 0.5) is 46.7 Å². The van der Waals surface area contributed by atoms with Crippen LogP contribution in [-0.2, 0) is 6.18 Å². The van der Waals surface area contributed by atoms with Crippen LogP contribution in [0.25, 0.3) is 11.0 Å². The number of anilines is 5. The highest BCUT2D eigenvalue weighted by Crippen LogP contribution is 2.48. The van der Waals surface area contributed by atoms with Crippen LogP contribution in [0, 0.1) is 12.8 Å². The standard InChI is InChI=1S/C22H21F4N9/c1-11-6-17(34-33-11)30-16-8-18(35-9-21(23,10-35)12-2-3-12)32-20(31-16)27-13-4-5-14-15(7-13)29-19(28-14)22(24,25)26/h4-8,12H,2-3,9-10H2,1H3,(H,28,29)(H3,27,30,31,32,33,34). The van der Waals surface area contributed by atoms with Gasteiger partial charge in [-0.3, -0.25) is 5.10 Å². The number of halogens is 4. The maximum Gasteiger partial charge on any atom is 0.449 e. The van der Waals surface area contributed by atoms with E-state index in [2.05, 4.69) is 40.8 Å². The van der Waals surface area contributed by atoms with Gasteiger partial charge < -0.3 is 20.5 Å². The lowest BCUT2D eigenvalue weighted by atomic mass is 9.91. The summed E-state index contributed by atoms with van der Waals surface area (Å²) >= 11 is 0. The minimum atomic E-state index is -4.57. The van der Waals surface area contributed by atoms with Crippen molar-refractivity contribution in [3.8, 4) is 0 Å². The van der Waals surface area contributed by atoms with E-state index < -0.39 is 17.7 Å². The first-order chi connectivity index (χ1) is 16.6. The summed E-state index contributed by atoms with van der Waals surface area (Å²) in [4.78, 5) is 16.7. The molecule has 13 heteroatoms. The quantitative estimate of drug-likeness (QED) is 0.289. The molecular weight excluding hydrogens is 466 g/mol. The van der Waals surface area contributed by atoms with Crippen molar-refractivity contribution in [1.82, 2.24) is 30.1 Å². The minimum absolute atomic E-state index is 0.116. The van der Waals surface area contributed by atoms with Crippen LogP contribution in [0.5, 0.6) is 0 Å². The maximum atomic E-state index is 14.9. The number of aromatic nitrogens is 6. The summed E-state index contributed by atoms with van der Waals surface area (Å²) in [5.41, 5.74) is 0.551. The second-order valence-corrected chi connectivity index (χ2v) is 9.10. The van der Waals surface area contributed by atoms with Gasteiger partial charge >= 0.3 is 6.18 Å². The average Bonchev–Trinajstić information content (AvgIpc) is 3.41. The molecule has 4 aromatic rings. The van der Waals surface area contributed by atoms with Gasteiger partial charge in [0, 0.05) is 23.5 Å². The van der Waals surface area contributed by atoms with Gasteiger partial charge in [0.2, 0.25) is 11.8 Å². The van der Waals surface area contributed by atoms with E-state index in [1.54, 1.807) is 12.1 Å². The van der Waals surface area contributed by atoms with Crippen molar-refractivity contribution in [3.05, 3.63) is 41.9 Å². The molecule has 0 spiro atoms. The topological polar surface area (TPSA) is 110 Å². The lowest BCUT2D eigenvalue weighted by molar-refractivity contribution is -0.144. The Kier molecular flexibility index (Phi) is 4.66. The third kappa shape index (κ3) is 4.21. The molecule has 0 bridgehead atoms. The molecule has 1 aliphatic heterocycles. The summed E-state index contributed by atoms with van der Waals surface area (Å²) in [5, 5.41) is 13.1. The average molecular weight is 487 g/mol. The lowest BCUT2D eigenvalue weighted by Gasteiger charge is -2.45. The Morgan fingerprint density at radius 2 is 1.83 bits per heavy atom. The van der Waals surface area contributed by atoms with Crippen molar-refractivity contribution in [3.63, 3.8) is 0 Å². The fourth-order valence-electron chi connectivity index (χ4n) is 4.29. The third-order valence-electron chi connectivity index (χ3n) is 6.22. The Morgan fingerprint density at radius 1 is 1.03 bits per heavy atom. The van der Waals surface area contributed by atoms with Gasteiger partial charge in [-0.15, -0.1) is 0 Å². The zero-order valence-corrected chi connectivity index (χ0v) is 18.5. The smallest absolute Gasteiger partial charge is 0.350 e. The molecule has 0 radical (unpaired) electrons. The van der Waals surface area contributed by atoms with Crippen molar-refractivity contribution in [2.75, 3.05) is 28.6 Å². The number of benzene rings is 1. The Morgan fingerprint density at radius 3 is 2.51 bits per heavy atom. The summed E-state index contributed by atoms with van der Waals surface area (Å²) in [6, 6.07) is 8.09. The molecule has 182 valence electrons. The summed E-state index contributed by atoms with van der Waals surface area (Å²) < 4.78 is 53.9. The molecule has 1 aliphatic carbocycles. The molecule has 0 unspecified atom stereocenters. The van der Waals surface area contributed by atoms with Gasteiger partial charge in [0.15, 0.2) is 5.82 Å². The Balaban J connectivity index is 1.29. The highest BCUT2D eigenvalue weighted by Gasteiger charge is 2.54. The van der Waals surface area contributed by atoms with Crippen LogP contribution in [0.3, 0.4) is 0 Å². The monoisotopic (exact) mass is 487 g/mol. The molecule has 0 amide bonds. The number of hydrogen-bond donors (Lipinski definition) is 4. The molecule has 1 aromatic carbocycles. The van der Waals surface area contributed by atoms with Gasteiger partial charge in [0.25, 0.3) is 0 Å². The number of fused-ring (bicyclic) bond motifs is 1. The number of nitrogens with one attached hydrogen (secondary N) is 4. The first kappa shape index (κ1) is 21.6. The van der Waals surface area contributed by atoms with E-state index in [0.717, 1.165) is 18.5 Å². The highest BCUT2D eigenvalue weighted by atomic mass is 19.4. The fraction of sp³-hybridized carbons (Fsp3) is 0.364. The molecule has 0 atom stereocenters. The number of hydrogen-bond acceptors (Lipinski definition) is 7. The van der Waals surface area contributed by atoms with E-state index in [9.17, 15) is 17.6 Å². The SMILES string of the molecule is Cc1cc(Nc2cc(N3CC(F)(C4CC4)C3)nc(Nc3ccc4nc(C(F)(F)F)[nH]c4c3)n2)n[nH]1. The van der Waals surface area contributed by atoms with Crippen LogP contribution in [-0.4, -0.2) is 48.9 Å². The van der Waals surface area contributed by atoms with Crippen molar-refractivity contribution >= 4 is 40.1 Å². The van der Waals surface area contributed by atoms with E-state index in [0.29, 0.717) is 23.1 Å². The van der Waals surface area contributed by atoms with Gasteiger partial charge in [-0.2, -0.15) is 28.2 Å². The number of aromatic amines is 2. The summed E-state index contributed by atoms with van der Waals surface area (Å²) in [6.45, 7) is 2.38. The molecule has 9 nitrogen and oxygen atoms in total. The molecule has 35 heavy (non-hydrogen) atoms. The van der Waals surface area contributed by atoms with Crippen molar-refractivity contribution in [2.45, 2.75) is 31.6 Å². The number of alkyl halides is 4. The highest BCUT2D eigenvalue weighted by molar-refractivity contribution is 5.80. The molecule has 4 N–H and O–H groups in total. The van der Waals surface area contributed by atoms with Crippen molar-refractivity contribution in [1.29, 1.82) is 0 Å². The molecular formula is C22H21F4N9. The van der Waals surface area contributed by atoms with Crippen LogP contribution in [0.2, 0.25) is 0 Å². The zero-order chi connectivity index (χ0) is 24.4. The normalized spacial score (nSPS) is 17.5. The fourth-order valence-corrected chi connectivity index (χ4v) is 4.29. The number of nitrogens with zero attached hydrogens (tertiary/aromatic N) is 5. The number of imidazole rings is 1. The summed E-state index contributed by atoms with van der Waals surface area (Å²) in [5.74, 6) is 0.785. The van der Waals surface area contributed by atoms with Gasteiger partial charge in [-0.05, 0) is 43.9 Å². The van der Waals surface area contributed by atoms with Gasteiger partial charge in [0.1, 0.15) is 17.3 Å². The first-order valence-corrected chi connectivity index (χ1v) is 11.1. The van der Waals surface area contributed by atoms with Crippen molar-refractivity contribution in [2.24, 2.45) is 5.92 Å². The third-order valence-corrected chi connectivity index (χ3v) is 6.22. The predicted molar refractivity (Wildman–Crippen MR) is 122 cm³/mol. The molecule has 1 saturated heterocycles. The predicted octanol–water partition coefficient (Wildman–Crippen LogP) is 4.83. The van der Waals surface area contributed by atoms with Crippen LogP contribution in [0.15, 0.2) is 30.3 Å². The summed E-state index contributed by atoms with van der Waals surface area (Å²) in [7, 11) is 0. The zero-order valence-electron chi connectivity index (χ0n) is 18.5. The van der Waals surface area contributed by atoms with Gasteiger partial charge in [-0.1, -0.05) is 0 Å². The van der Waals surface area contributed by atoms with Crippen LogP contribution < -0.4 is 15.5 Å². The molecule has 3 aromatic heterocycles. The van der Waals surface area contributed by atoms with E-state index >= 15 is 0 Å². The largest absolute Gasteiger partial charge is 0.449 e. The molecule has 2 aliphatic rings. The van der Waals surface area contributed by atoms with E-state index in [1.807, 2.05) is 17.9 Å². The molecule has 2 fully saturated rings. The second kappa shape index (κ2) is 7.55. The van der Waals surface area contributed by atoms with E-state index in [4.69, 9.17) is 0 Å². The van der Waals surface area contributed by atoms with Crippen molar-refractivity contribution < 1.29 is 17.6 Å². The second-order valence-electron chi connectivity index (χ2n) is 9.10. The van der Waals surface area contributed by atoms with Gasteiger partial charge in [-0.25, -0.2) is 9.37 Å². The summed E-state index contributed by atoms with van der Waals surface area (Å²) in [6.07, 6.45) is -2.74.